The lowest BCUT2D eigenvalue weighted by Crippen LogP contribution is -2.40. The number of rotatable bonds is 7. The van der Waals surface area contributed by atoms with Crippen molar-refractivity contribution >= 4 is 8.32 Å². The molecule has 0 rings (SSSR count). The van der Waals surface area contributed by atoms with Gasteiger partial charge in [0.1, 0.15) is 0 Å². The van der Waals surface area contributed by atoms with Crippen LogP contribution < -0.4 is 0 Å². The first-order valence-electron chi connectivity index (χ1n) is 7.32. The van der Waals surface area contributed by atoms with Gasteiger partial charge in [-0.05, 0) is 46.3 Å². The van der Waals surface area contributed by atoms with Crippen LogP contribution >= 0.6 is 0 Å². The van der Waals surface area contributed by atoms with Crippen LogP contribution in [-0.4, -0.2) is 31.3 Å². The predicted octanol–water partition coefficient (Wildman–Crippen LogP) is 4.49. The summed E-state index contributed by atoms with van der Waals surface area (Å²) in [7, 11) is -1.50. The molecule has 0 aromatic carbocycles. The van der Waals surface area contributed by atoms with E-state index >= 15 is 0 Å². The Morgan fingerprint density at radius 2 is 1.71 bits per heavy atom. The van der Waals surface area contributed by atoms with Gasteiger partial charge in [0.05, 0.1) is 0 Å². The third-order valence-electron chi connectivity index (χ3n) is 2.85. The summed E-state index contributed by atoms with van der Waals surface area (Å²) in [6, 6.07) is 0. The Morgan fingerprint density at radius 3 is 2.19 bits per heavy atom. The lowest BCUT2D eigenvalue weighted by Gasteiger charge is -2.23. The molecule has 0 spiro atoms. The molecule has 0 saturated carbocycles. The minimum absolute atomic E-state index is 0.230. The summed E-state index contributed by atoms with van der Waals surface area (Å²) in [6.07, 6.45) is -0.531. The van der Waals surface area contributed by atoms with Gasteiger partial charge in [-0.3, -0.25) is 0 Å². The molecule has 0 radical (unpaired) electrons. The van der Waals surface area contributed by atoms with Crippen LogP contribution in [0, 0.1) is 11.8 Å². The van der Waals surface area contributed by atoms with Crippen LogP contribution in [-0.2, 0) is 4.43 Å². The second-order valence-electron chi connectivity index (χ2n) is 6.51. The third-order valence-corrected chi connectivity index (χ3v) is 3.96. The molecule has 0 saturated heterocycles. The number of hydrogen-bond acceptors (Lipinski definition) is 2. The normalized spacial score (nSPS) is 16.8. The first-order chi connectivity index (χ1) is 9.35. The van der Waals surface area contributed by atoms with Crippen LogP contribution in [0.1, 0.15) is 46.0 Å². The van der Waals surface area contributed by atoms with Crippen molar-refractivity contribution in [2.75, 3.05) is 0 Å². The molecular weight excluding hydrogens is 297 g/mol. The standard InChI is InChI=1S/C15H27F3O2Si/c1-13(20-21(3,4)5)11-9-7-6-8-10-12-14(2,19)15(16,17)18/h13,19H,6-9,11H2,1-5H3. The topological polar surface area (TPSA) is 29.5 Å². The van der Waals surface area contributed by atoms with Crippen molar-refractivity contribution in [3.8, 4) is 11.8 Å². The molecule has 0 fully saturated rings. The average Bonchev–Trinajstić information content (AvgIpc) is 2.23. The monoisotopic (exact) mass is 324 g/mol. The van der Waals surface area contributed by atoms with Gasteiger partial charge in [0, 0.05) is 12.5 Å². The van der Waals surface area contributed by atoms with Gasteiger partial charge in [0.15, 0.2) is 8.32 Å². The fourth-order valence-electron chi connectivity index (χ4n) is 1.79. The third kappa shape index (κ3) is 9.94. The van der Waals surface area contributed by atoms with Gasteiger partial charge in [-0.1, -0.05) is 24.7 Å². The van der Waals surface area contributed by atoms with Gasteiger partial charge in [-0.2, -0.15) is 13.2 Å². The number of alkyl halides is 3. The van der Waals surface area contributed by atoms with Crippen LogP contribution in [0.3, 0.4) is 0 Å². The van der Waals surface area contributed by atoms with E-state index in [0.29, 0.717) is 13.3 Å². The molecule has 0 aromatic heterocycles. The molecule has 6 heteroatoms. The highest BCUT2D eigenvalue weighted by molar-refractivity contribution is 6.69. The highest BCUT2D eigenvalue weighted by Crippen LogP contribution is 2.29. The maximum Gasteiger partial charge on any atom is 0.428 e. The minimum atomic E-state index is -4.70. The van der Waals surface area contributed by atoms with E-state index in [1.54, 1.807) is 0 Å². The van der Waals surface area contributed by atoms with Gasteiger partial charge < -0.3 is 9.53 Å². The van der Waals surface area contributed by atoms with Crippen LogP contribution in [0.15, 0.2) is 0 Å². The molecule has 2 nitrogen and oxygen atoms in total. The van der Waals surface area contributed by atoms with E-state index in [9.17, 15) is 13.2 Å². The fraction of sp³-hybridized carbons (Fsp3) is 0.867. The van der Waals surface area contributed by atoms with Crippen molar-refractivity contribution in [2.24, 2.45) is 0 Å². The highest BCUT2D eigenvalue weighted by atomic mass is 28.4. The molecule has 0 aliphatic carbocycles. The van der Waals surface area contributed by atoms with Crippen molar-refractivity contribution in [2.45, 2.75) is 83.5 Å². The zero-order valence-corrected chi connectivity index (χ0v) is 14.6. The van der Waals surface area contributed by atoms with E-state index in [2.05, 4.69) is 32.5 Å². The molecule has 0 aliphatic rings. The minimum Gasteiger partial charge on any atom is -0.415 e. The van der Waals surface area contributed by atoms with E-state index in [1.807, 2.05) is 5.92 Å². The maximum absolute atomic E-state index is 12.3. The van der Waals surface area contributed by atoms with Crippen LogP contribution in [0.2, 0.25) is 19.6 Å². The van der Waals surface area contributed by atoms with Crippen LogP contribution in [0.5, 0.6) is 0 Å². The molecule has 0 aliphatic heterocycles. The van der Waals surface area contributed by atoms with Crippen molar-refractivity contribution in [3.05, 3.63) is 0 Å². The fourth-order valence-corrected chi connectivity index (χ4v) is 3.11. The summed E-state index contributed by atoms with van der Waals surface area (Å²) in [5, 5.41) is 9.12. The van der Waals surface area contributed by atoms with Crippen molar-refractivity contribution < 1.29 is 22.7 Å². The van der Waals surface area contributed by atoms with Crippen molar-refractivity contribution in [1.82, 2.24) is 0 Å². The highest BCUT2D eigenvalue weighted by Gasteiger charge is 2.48. The molecule has 0 amide bonds. The second kappa shape index (κ2) is 8.21. The first kappa shape index (κ1) is 20.5. The Balaban J connectivity index is 3.85. The Hall–Kier alpha value is -0.513. The first-order valence-corrected chi connectivity index (χ1v) is 10.7. The Bertz CT molecular complexity index is 362. The van der Waals surface area contributed by atoms with Gasteiger partial charge in [-0.15, -0.1) is 0 Å². The van der Waals surface area contributed by atoms with E-state index in [4.69, 9.17) is 9.53 Å². The van der Waals surface area contributed by atoms with Crippen molar-refractivity contribution in [3.63, 3.8) is 0 Å². The van der Waals surface area contributed by atoms with Crippen molar-refractivity contribution in [1.29, 1.82) is 0 Å². The van der Waals surface area contributed by atoms with Crippen LogP contribution in [0.25, 0.3) is 0 Å². The largest absolute Gasteiger partial charge is 0.428 e. The molecular formula is C15H27F3O2Si. The lowest BCUT2D eigenvalue weighted by atomic mass is 10.1. The smallest absolute Gasteiger partial charge is 0.415 e. The summed E-state index contributed by atoms with van der Waals surface area (Å²) < 4.78 is 42.9. The summed E-state index contributed by atoms with van der Waals surface area (Å²) in [4.78, 5) is 0. The van der Waals surface area contributed by atoms with Gasteiger partial charge in [-0.25, -0.2) is 0 Å². The summed E-state index contributed by atoms with van der Waals surface area (Å²) in [5.74, 6) is 4.31. The zero-order valence-electron chi connectivity index (χ0n) is 13.6. The summed E-state index contributed by atoms with van der Waals surface area (Å²) in [6.45, 7) is 9.16. The molecule has 2 atom stereocenters. The van der Waals surface area contributed by atoms with Gasteiger partial charge in [0.25, 0.3) is 0 Å². The summed E-state index contributed by atoms with van der Waals surface area (Å²) in [5.41, 5.74) is -2.91. The molecule has 0 heterocycles. The van der Waals surface area contributed by atoms with E-state index < -0.39 is 20.1 Å². The average molecular weight is 324 g/mol. The number of aliphatic hydroxyl groups is 1. The Labute approximate surface area is 127 Å². The molecule has 124 valence electrons. The lowest BCUT2D eigenvalue weighted by molar-refractivity contribution is -0.228. The van der Waals surface area contributed by atoms with Crippen LogP contribution in [0.4, 0.5) is 13.2 Å². The molecule has 1 N–H and O–H groups in total. The van der Waals surface area contributed by atoms with Gasteiger partial charge >= 0.3 is 6.18 Å². The quantitative estimate of drug-likeness (QED) is 0.425. The predicted molar refractivity (Wildman–Crippen MR) is 81.4 cm³/mol. The second-order valence-corrected chi connectivity index (χ2v) is 11.0. The zero-order chi connectivity index (χ0) is 16.7. The Morgan fingerprint density at radius 1 is 1.14 bits per heavy atom. The molecule has 0 aromatic rings. The molecule has 21 heavy (non-hydrogen) atoms. The molecule has 0 bridgehead atoms. The maximum atomic E-state index is 12.3. The van der Waals surface area contributed by atoms with E-state index in [0.717, 1.165) is 25.7 Å². The van der Waals surface area contributed by atoms with Gasteiger partial charge in [0.2, 0.25) is 5.60 Å². The SMILES string of the molecule is CC(CCCCCC#CC(C)(O)C(F)(F)F)O[Si](C)(C)C. The summed E-state index contributed by atoms with van der Waals surface area (Å²) >= 11 is 0. The van der Waals surface area contributed by atoms with E-state index in [1.165, 1.54) is 0 Å². The Kier molecular flexibility index (Phi) is 8.01. The number of halogens is 3. The van der Waals surface area contributed by atoms with E-state index in [-0.39, 0.29) is 6.10 Å². The number of unbranched alkanes of at least 4 members (excludes halogenated alkanes) is 3. The number of hydrogen-bond donors (Lipinski definition) is 1. The molecule has 2 unspecified atom stereocenters.